The minimum atomic E-state index is -0.462. The molecule has 1 heterocycles. The third-order valence-corrected chi connectivity index (χ3v) is 5.60. The predicted octanol–water partition coefficient (Wildman–Crippen LogP) is 5.02. The summed E-state index contributed by atoms with van der Waals surface area (Å²) < 4.78 is 0. The molecule has 0 unspecified atom stereocenters. The highest BCUT2D eigenvalue weighted by Crippen LogP contribution is 2.43. The van der Waals surface area contributed by atoms with Gasteiger partial charge in [-0.1, -0.05) is 58.9 Å². The van der Waals surface area contributed by atoms with Crippen molar-refractivity contribution in [1.82, 2.24) is 15.4 Å². The van der Waals surface area contributed by atoms with Crippen LogP contribution in [0.4, 0.5) is 0 Å². The van der Waals surface area contributed by atoms with Gasteiger partial charge in [-0.15, -0.1) is 0 Å². The van der Waals surface area contributed by atoms with Crippen LogP contribution in [-0.4, -0.2) is 26.4 Å². The van der Waals surface area contributed by atoms with Crippen LogP contribution in [-0.2, 0) is 16.6 Å². The first-order valence-corrected chi connectivity index (χ1v) is 10.5. The summed E-state index contributed by atoms with van der Waals surface area (Å²) in [7, 11) is 0. The van der Waals surface area contributed by atoms with E-state index in [-0.39, 0.29) is 16.6 Å². The first-order chi connectivity index (χ1) is 14.4. The molecule has 0 bridgehead atoms. The van der Waals surface area contributed by atoms with E-state index >= 15 is 0 Å². The van der Waals surface area contributed by atoms with Crippen molar-refractivity contribution in [2.75, 3.05) is 0 Å². The Bertz CT molecular complexity index is 1150. The molecule has 3 aromatic rings. The highest BCUT2D eigenvalue weighted by molar-refractivity contribution is 5.94. The van der Waals surface area contributed by atoms with E-state index in [0.717, 1.165) is 28.6 Å². The van der Waals surface area contributed by atoms with Crippen molar-refractivity contribution < 1.29 is 9.90 Å². The minimum Gasteiger partial charge on any atom is -0.507 e. The molecule has 1 aromatic heterocycles. The van der Waals surface area contributed by atoms with Crippen molar-refractivity contribution in [3.8, 4) is 16.9 Å². The maximum absolute atomic E-state index is 11.5. The summed E-state index contributed by atoms with van der Waals surface area (Å²) in [6, 6.07) is 9.82. The van der Waals surface area contributed by atoms with Crippen LogP contribution in [0.5, 0.6) is 5.75 Å². The van der Waals surface area contributed by atoms with E-state index in [1.165, 1.54) is 0 Å². The molecule has 0 spiro atoms. The maximum Gasteiger partial charge on any atom is 0.244 e. The summed E-state index contributed by atoms with van der Waals surface area (Å²) in [4.78, 5) is 11.5. The number of allylic oxidation sites excluding steroid dienone is 1. The van der Waals surface area contributed by atoms with Crippen molar-refractivity contribution in [2.24, 2.45) is 11.1 Å². The van der Waals surface area contributed by atoms with Crippen molar-refractivity contribution in [3.05, 3.63) is 53.1 Å². The van der Waals surface area contributed by atoms with Crippen molar-refractivity contribution in [2.45, 2.75) is 59.8 Å². The van der Waals surface area contributed by atoms with Gasteiger partial charge in [0.05, 0.1) is 0 Å². The highest BCUT2D eigenvalue weighted by atomic mass is 16.3. The molecule has 0 aliphatic carbocycles. The van der Waals surface area contributed by atoms with Crippen molar-refractivity contribution in [1.29, 1.82) is 0 Å². The molecule has 31 heavy (non-hydrogen) atoms. The van der Waals surface area contributed by atoms with Gasteiger partial charge in [-0.05, 0) is 53.9 Å². The second-order valence-electron chi connectivity index (χ2n) is 10.1. The zero-order valence-electron chi connectivity index (χ0n) is 19.2. The number of rotatable bonds is 6. The number of para-hydroxylation sites is 1. The fourth-order valence-electron chi connectivity index (χ4n) is 4.32. The first-order valence-electron chi connectivity index (χ1n) is 10.5. The van der Waals surface area contributed by atoms with E-state index in [4.69, 9.17) is 5.73 Å². The van der Waals surface area contributed by atoms with Crippen LogP contribution in [0, 0.1) is 5.41 Å². The summed E-state index contributed by atoms with van der Waals surface area (Å²) in [5.74, 6) is -0.282. The standard InChI is InChI=1S/C25H32N4O2/c1-15(23(26)31)10-11-16-12-17(25(5,6)14-24(2,3)4)13-19(22(16)30)18-8-7-9-20-21(18)28-29-27-20/h7-10,12-13,30H,11,14H2,1-6H3,(H2,26,31)(H,27,28,29). The number of hydrogen-bond donors (Lipinski definition) is 3. The molecule has 0 saturated carbocycles. The molecule has 0 atom stereocenters. The zero-order chi connectivity index (χ0) is 23.0. The Morgan fingerprint density at radius 3 is 2.48 bits per heavy atom. The largest absolute Gasteiger partial charge is 0.507 e. The van der Waals surface area contributed by atoms with Crippen LogP contribution >= 0.6 is 0 Å². The molecule has 0 radical (unpaired) electrons. The lowest BCUT2D eigenvalue weighted by molar-refractivity contribution is -0.114. The van der Waals surface area contributed by atoms with Crippen molar-refractivity contribution in [3.63, 3.8) is 0 Å². The summed E-state index contributed by atoms with van der Waals surface area (Å²) in [6.07, 6.45) is 3.13. The number of hydrogen-bond acceptors (Lipinski definition) is 4. The number of benzene rings is 2. The molecular formula is C25H32N4O2. The Hall–Kier alpha value is -3.15. The molecular weight excluding hydrogens is 388 g/mol. The molecule has 164 valence electrons. The second kappa shape index (κ2) is 8.17. The molecule has 0 fully saturated rings. The van der Waals surface area contributed by atoms with E-state index in [9.17, 15) is 9.90 Å². The number of primary amides is 1. The van der Waals surface area contributed by atoms with Gasteiger partial charge in [0.1, 0.15) is 16.8 Å². The van der Waals surface area contributed by atoms with Crippen LogP contribution in [0.25, 0.3) is 22.2 Å². The SMILES string of the molecule is CC(=CCc1cc(C(C)(C)CC(C)(C)C)cc(-c2cccc3n[nH]nc23)c1O)C(N)=O. The molecule has 0 saturated heterocycles. The number of amides is 1. The lowest BCUT2D eigenvalue weighted by Crippen LogP contribution is -2.25. The number of aromatic amines is 1. The fraction of sp³-hybridized carbons (Fsp3) is 0.400. The quantitative estimate of drug-likeness (QED) is 0.487. The number of nitrogens with zero attached hydrogens (tertiary/aromatic N) is 2. The Balaban J connectivity index is 2.22. The predicted molar refractivity (Wildman–Crippen MR) is 125 cm³/mol. The zero-order valence-corrected chi connectivity index (χ0v) is 19.2. The Labute approximate surface area is 183 Å². The number of phenolic OH excluding ortho intramolecular Hbond substituents is 1. The van der Waals surface area contributed by atoms with Gasteiger partial charge >= 0.3 is 0 Å². The van der Waals surface area contributed by atoms with Gasteiger partial charge in [0.25, 0.3) is 0 Å². The number of nitrogens with two attached hydrogens (primary N) is 1. The fourth-order valence-corrected chi connectivity index (χ4v) is 4.32. The van der Waals surface area contributed by atoms with E-state index in [2.05, 4.69) is 56.1 Å². The van der Waals surface area contributed by atoms with E-state index in [1.807, 2.05) is 24.3 Å². The number of aromatic nitrogens is 3. The average Bonchev–Trinajstić information content (AvgIpc) is 3.13. The summed E-state index contributed by atoms with van der Waals surface area (Å²) in [5.41, 5.74) is 10.7. The van der Waals surface area contributed by atoms with Gasteiger partial charge in [0.2, 0.25) is 5.91 Å². The van der Waals surface area contributed by atoms with Gasteiger partial charge < -0.3 is 10.8 Å². The number of carbonyl (C=O) groups is 1. The molecule has 6 nitrogen and oxygen atoms in total. The molecule has 3 rings (SSSR count). The molecule has 2 aromatic carbocycles. The van der Waals surface area contributed by atoms with Crippen LogP contribution in [0.2, 0.25) is 0 Å². The molecule has 1 amide bonds. The van der Waals surface area contributed by atoms with Gasteiger partial charge in [-0.25, -0.2) is 0 Å². The maximum atomic E-state index is 11.5. The van der Waals surface area contributed by atoms with Crippen LogP contribution in [0.3, 0.4) is 0 Å². The lowest BCUT2D eigenvalue weighted by Gasteiger charge is -2.34. The lowest BCUT2D eigenvalue weighted by atomic mass is 9.71. The molecule has 6 heteroatoms. The van der Waals surface area contributed by atoms with E-state index in [1.54, 1.807) is 13.0 Å². The summed E-state index contributed by atoms with van der Waals surface area (Å²) in [6.45, 7) is 12.8. The van der Waals surface area contributed by atoms with Crippen LogP contribution in [0.15, 0.2) is 42.0 Å². The topological polar surface area (TPSA) is 105 Å². The first kappa shape index (κ1) is 22.5. The smallest absolute Gasteiger partial charge is 0.244 e. The Morgan fingerprint density at radius 1 is 1.13 bits per heavy atom. The van der Waals surface area contributed by atoms with Crippen molar-refractivity contribution >= 4 is 16.9 Å². The van der Waals surface area contributed by atoms with Crippen LogP contribution in [0.1, 0.15) is 59.1 Å². The van der Waals surface area contributed by atoms with Gasteiger partial charge in [0, 0.05) is 16.7 Å². The number of phenols is 1. The third-order valence-electron chi connectivity index (χ3n) is 5.60. The van der Waals surface area contributed by atoms with E-state index < -0.39 is 5.91 Å². The Kier molecular flexibility index (Phi) is 5.94. The number of nitrogens with one attached hydrogen (secondary N) is 1. The highest BCUT2D eigenvalue weighted by Gasteiger charge is 2.29. The second-order valence-corrected chi connectivity index (χ2v) is 10.1. The number of H-pyrrole nitrogens is 1. The van der Waals surface area contributed by atoms with Gasteiger partial charge in [-0.3, -0.25) is 4.79 Å². The number of carbonyl (C=O) groups excluding carboxylic acids is 1. The molecule has 0 aliphatic heterocycles. The summed E-state index contributed by atoms with van der Waals surface area (Å²) >= 11 is 0. The normalized spacial score (nSPS) is 13.0. The molecule has 0 aliphatic rings. The number of fused-ring (bicyclic) bond motifs is 1. The monoisotopic (exact) mass is 420 g/mol. The van der Waals surface area contributed by atoms with E-state index in [0.29, 0.717) is 23.1 Å². The summed E-state index contributed by atoms with van der Waals surface area (Å²) in [5, 5.41) is 22.3. The minimum absolute atomic E-state index is 0.129. The third kappa shape index (κ3) is 4.95. The Morgan fingerprint density at radius 2 is 1.84 bits per heavy atom. The molecule has 4 N–H and O–H groups in total. The van der Waals surface area contributed by atoms with Gasteiger partial charge in [0.15, 0.2) is 0 Å². The number of aromatic hydroxyl groups is 1. The van der Waals surface area contributed by atoms with Gasteiger partial charge in [-0.2, -0.15) is 15.4 Å². The average molecular weight is 421 g/mol. The van der Waals surface area contributed by atoms with Crippen LogP contribution < -0.4 is 5.73 Å².